The van der Waals surface area contributed by atoms with Crippen LogP contribution in [-0.4, -0.2) is 34.6 Å². The fourth-order valence-corrected chi connectivity index (χ4v) is 2.15. The van der Waals surface area contributed by atoms with Gasteiger partial charge in [0.25, 0.3) is 0 Å². The first-order valence-electron chi connectivity index (χ1n) is 6.54. The van der Waals surface area contributed by atoms with Crippen LogP contribution >= 0.6 is 0 Å². The molecule has 0 bridgehead atoms. The van der Waals surface area contributed by atoms with Crippen LogP contribution in [0.2, 0.25) is 0 Å². The highest BCUT2D eigenvalue weighted by Crippen LogP contribution is 2.19. The molecule has 17 heavy (non-hydrogen) atoms. The summed E-state index contributed by atoms with van der Waals surface area (Å²) in [6.45, 7) is 9.30. The lowest BCUT2D eigenvalue weighted by Crippen LogP contribution is -2.34. The summed E-state index contributed by atoms with van der Waals surface area (Å²) in [5, 5.41) is 0. The van der Waals surface area contributed by atoms with Crippen LogP contribution < -0.4 is 5.73 Å². The van der Waals surface area contributed by atoms with E-state index in [1.807, 2.05) is 12.5 Å². The van der Waals surface area contributed by atoms with Gasteiger partial charge in [0.1, 0.15) is 0 Å². The summed E-state index contributed by atoms with van der Waals surface area (Å²) >= 11 is 0. The maximum atomic E-state index is 5.92. The zero-order valence-corrected chi connectivity index (χ0v) is 11.6. The minimum atomic E-state index is 0.270. The molecule has 0 fully saturated rings. The molecule has 0 aliphatic rings. The standard InChI is InChI=1S/C13H26N4/c1-5-11(3)9-16(4)12(7-14)13-8-15-10-17(13)6-2/h8,10-12H,5-7,9,14H2,1-4H3. The molecule has 0 amide bonds. The van der Waals surface area contributed by atoms with Crippen molar-refractivity contribution in [2.24, 2.45) is 11.7 Å². The number of rotatable bonds is 7. The highest BCUT2D eigenvalue weighted by atomic mass is 15.2. The van der Waals surface area contributed by atoms with Gasteiger partial charge in [-0.25, -0.2) is 4.98 Å². The summed E-state index contributed by atoms with van der Waals surface area (Å²) in [5.74, 6) is 0.701. The Balaban J connectivity index is 2.77. The quantitative estimate of drug-likeness (QED) is 0.789. The van der Waals surface area contributed by atoms with Crippen LogP contribution in [0.4, 0.5) is 0 Å². The number of imidazole rings is 1. The largest absolute Gasteiger partial charge is 0.333 e. The SMILES string of the molecule is CCC(C)CN(C)C(CN)c1cncn1CC. The molecule has 1 rings (SSSR count). The fourth-order valence-electron chi connectivity index (χ4n) is 2.15. The van der Waals surface area contributed by atoms with E-state index < -0.39 is 0 Å². The Labute approximate surface area is 105 Å². The van der Waals surface area contributed by atoms with Crippen LogP contribution in [0.25, 0.3) is 0 Å². The normalized spacial score (nSPS) is 15.2. The topological polar surface area (TPSA) is 47.1 Å². The minimum Gasteiger partial charge on any atom is -0.333 e. The third-order valence-electron chi connectivity index (χ3n) is 3.48. The smallest absolute Gasteiger partial charge is 0.0948 e. The number of likely N-dealkylation sites (N-methyl/N-ethyl adjacent to an activating group) is 1. The van der Waals surface area contributed by atoms with Crippen LogP contribution in [0, 0.1) is 5.92 Å². The Hall–Kier alpha value is -0.870. The first-order valence-corrected chi connectivity index (χ1v) is 6.54. The van der Waals surface area contributed by atoms with Gasteiger partial charge in [-0.3, -0.25) is 4.90 Å². The maximum absolute atomic E-state index is 5.92. The van der Waals surface area contributed by atoms with Crippen LogP contribution in [0.1, 0.15) is 38.9 Å². The number of nitrogens with two attached hydrogens (primary N) is 1. The van der Waals surface area contributed by atoms with Gasteiger partial charge in [-0.1, -0.05) is 20.3 Å². The first-order chi connectivity index (χ1) is 8.13. The minimum absolute atomic E-state index is 0.270. The van der Waals surface area contributed by atoms with Gasteiger partial charge in [0.15, 0.2) is 0 Å². The number of aryl methyl sites for hydroxylation is 1. The number of aromatic nitrogens is 2. The van der Waals surface area contributed by atoms with E-state index in [2.05, 4.69) is 42.3 Å². The summed E-state index contributed by atoms with van der Waals surface area (Å²) in [6.07, 6.45) is 5.03. The average molecular weight is 238 g/mol. The molecular formula is C13H26N4. The van der Waals surface area contributed by atoms with Gasteiger partial charge in [0.2, 0.25) is 0 Å². The Morgan fingerprint density at radius 2 is 2.18 bits per heavy atom. The molecule has 0 aromatic carbocycles. The van der Waals surface area contributed by atoms with Crippen molar-refractivity contribution < 1.29 is 0 Å². The predicted octanol–water partition coefficient (Wildman–Crippen LogP) is 1.88. The second kappa shape index (κ2) is 6.77. The second-order valence-electron chi connectivity index (χ2n) is 4.81. The molecule has 0 spiro atoms. The molecule has 2 unspecified atom stereocenters. The summed E-state index contributed by atoms with van der Waals surface area (Å²) in [6, 6.07) is 0.270. The molecule has 0 aliphatic heterocycles. The van der Waals surface area contributed by atoms with Crippen molar-refractivity contribution in [1.29, 1.82) is 0 Å². The third-order valence-corrected chi connectivity index (χ3v) is 3.48. The van der Waals surface area contributed by atoms with E-state index in [-0.39, 0.29) is 6.04 Å². The predicted molar refractivity (Wildman–Crippen MR) is 71.8 cm³/mol. The lowest BCUT2D eigenvalue weighted by Gasteiger charge is -2.29. The molecule has 0 aliphatic carbocycles. The lowest BCUT2D eigenvalue weighted by atomic mass is 10.1. The van der Waals surface area contributed by atoms with Gasteiger partial charge in [-0.05, 0) is 19.9 Å². The molecule has 98 valence electrons. The number of hydrogen-bond donors (Lipinski definition) is 1. The Bertz CT molecular complexity index is 321. The highest BCUT2D eigenvalue weighted by Gasteiger charge is 2.19. The van der Waals surface area contributed by atoms with E-state index in [4.69, 9.17) is 5.73 Å². The van der Waals surface area contributed by atoms with Crippen molar-refractivity contribution in [2.75, 3.05) is 20.1 Å². The summed E-state index contributed by atoms with van der Waals surface area (Å²) in [7, 11) is 2.15. The Morgan fingerprint density at radius 3 is 2.71 bits per heavy atom. The Kier molecular flexibility index (Phi) is 5.65. The molecule has 1 heterocycles. The molecule has 0 radical (unpaired) electrons. The summed E-state index contributed by atoms with van der Waals surface area (Å²) < 4.78 is 2.17. The van der Waals surface area contributed by atoms with Gasteiger partial charge >= 0.3 is 0 Å². The van der Waals surface area contributed by atoms with Gasteiger partial charge in [-0.2, -0.15) is 0 Å². The highest BCUT2D eigenvalue weighted by molar-refractivity contribution is 5.06. The zero-order chi connectivity index (χ0) is 12.8. The van der Waals surface area contributed by atoms with E-state index >= 15 is 0 Å². The van der Waals surface area contributed by atoms with Crippen LogP contribution in [-0.2, 0) is 6.54 Å². The molecule has 1 aromatic heterocycles. The third kappa shape index (κ3) is 3.54. The number of nitrogens with zero attached hydrogens (tertiary/aromatic N) is 3. The average Bonchev–Trinajstić information content (AvgIpc) is 2.78. The lowest BCUT2D eigenvalue weighted by molar-refractivity contribution is 0.208. The van der Waals surface area contributed by atoms with Crippen molar-refractivity contribution in [1.82, 2.24) is 14.5 Å². The molecule has 0 saturated heterocycles. The van der Waals surface area contributed by atoms with E-state index in [0.717, 1.165) is 13.1 Å². The van der Waals surface area contributed by atoms with Crippen LogP contribution in [0.5, 0.6) is 0 Å². The zero-order valence-electron chi connectivity index (χ0n) is 11.6. The van der Waals surface area contributed by atoms with Crippen LogP contribution in [0.15, 0.2) is 12.5 Å². The van der Waals surface area contributed by atoms with E-state index in [1.165, 1.54) is 12.1 Å². The fraction of sp³-hybridized carbons (Fsp3) is 0.769. The Morgan fingerprint density at radius 1 is 1.47 bits per heavy atom. The molecule has 4 heteroatoms. The molecule has 1 aromatic rings. The van der Waals surface area contributed by atoms with Crippen molar-refractivity contribution in [3.8, 4) is 0 Å². The molecule has 4 nitrogen and oxygen atoms in total. The number of hydrogen-bond acceptors (Lipinski definition) is 3. The first kappa shape index (κ1) is 14.2. The molecule has 2 atom stereocenters. The molecule has 0 saturated carbocycles. The monoisotopic (exact) mass is 238 g/mol. The van der Waals surface area contributed by atoms with Gasteiger partial charge in [-0.15, -0.1) is 0 Å². The molecular weight excluding hydrogens is 212 g/mol. The van der Waals surface area contributed by atoms with Crippen molar-refractivity contribution >= 4 is 0 Å². The molecule has 2 N–H and O–H groups in total. The van der Waals surface area contributed by atoms with Crippen molar-refractivity contribution in [3.05, 3.63) is 18.2 Å². The van der Waals surface area contributed by atoms with Gasteiger partial charge < -0.3 is 10.3 Å². The summed E-state index contributed by atoms with van der Waals surface area (Å²) in [4.78, 5) is 6.57. The van der Waals surface area contributed by atoms with Gasteiger partial charge in [0, 0.05) is 25.8 Å². The van der Waals surface area contributed by atoms with E-state index in [1.54, 1.807) is 0 Å². The van der Waals surface area contributed by atoms with Crippen LogP contribution in [0.3, 0.4) is 0 Å². The van der Waals surface area contributed by atoms with E-state index in [9.17, 15) is 0 Å². The second-order valence-corrected chi connectivity index (χ2v) is 4.81. The maximum Gasteiger partial charge on any atom is 0.0948 e. The summed E-state index contributed by atoms with van der Waals surface area (Å²) in [5.41, 5.74) is 7.15. The van der Waals surface area contributed by atoms with Crippen molar-refractivity contribution in [2.45, 2.75) is 39.8 Å². The van der Waals surface area contributed by atoms with Gasteiger partial charge in [0.05, 0.1) is 18.1 Å². The van der Waals surface area contributed by atoms with E-state index in [0.29, 0.717) is 12.5 Å². The van der Waals surface area contributed by atoms with Crippen molar-refractivity contribution in [3.63, 3.8) is 0 Å².